The number of amides is 1. The van der Waals surface area contributed by atoms with Crippen molar-refractivity contribution in [3.8, 4) is 5.75 Å². The van der Waals surface area contributed by atoms with E-state index in [0.717, 1.165) is 23.3 Å². The summed E-state index contributed by atoms with van der Waals surface area (Å²) in [6.45, 7) is 4.70. The number of ether oxygens (including phenoxy) is 2. The Morgan fingerprint density at radius 1 is 1.23 bits per heavy atom. The highest BCUT2D eigenvalue weighted by Gasteiger charge is 2.42. The molecule has 1 N–H and O–H groups in total. The van der Waals surface area contributed by atoms with Crippen molar-refractivity contribution >= 4 is 11.9 Å². The monoisotopic (exact) mass is 353 g/mol. The second-order valence-corrected chi connectivity index (χ2v) is 6.63. The van der Waals surface area contributed by atoms with Gasteiger partial charge in [-0.3, -0.25) is 4.79 Å². The quantitative estimate of drug-likeness (QED) is 0.810. The lowest BCUT2D eigenvalue weighted by Gasteiger charge is -2.33. The standard InChI is InChI=1S/C21H23NO4/c1-3-11-25-17-9-6-7-15(12-17)14-22-20(24)21(2)13-16-8-4-5-10-18(16)19(23)26-21/h4-10,12H,3,11,13-14H2,1-2H3,(H,22,24). The van der Waals surface area contributed by atoms with E-state index >= 15 is 0 Å². The third-order valence-electron chi connectivity index (χ3n) is 4.39. The smallest absolute Gasteiger partial charge is 0.339 e. The summed E-state index contributed by atoms with van der Waals surface area (Å²) in [4.78, 5) is 24.9. The van der Waals surface area contributed by atoms with Gasteiger partial charge in [-0.05, 0) is 42.7 Å². The summed E-state index contributed by atoms with van der Waals surface area (Å²) < 4.78 is 11.1. The van der Waals surface area contributed by atoms with E-state index in [1.165, 1.54) is 0 Å². The lowest BCUT2D eigenvalue weighted by molar-refractivity contribution is -0.139. The van der Waals surface area contributed by atoms with Crippen LogP contribution in [0.3, 0.4) is 0 Å². The van der Waals surface area contributed by atoms with E-state index in [1.54, 1.807) is 19.1 Å². The molecule has 2 aromatic carbocycles. The van der Waals surface area contributed by atoms with E-state index in [2.05, 4.69) is 5.32 Å². The Labute approximate surface area is 153 Å². The van der Waals surface area contributed by atoms with Gasteiger partial charge < -0.3 is 14.8 Å². The molecule has 1 unspecified atom stereocenters. The van der Waals surface area contributed by atoms with E-state index in [0.29, 0.717) is 25.1 Å². The molecule has 2 aromatic rings. The molecular weight excluding hydrogens is 330 g/mol. The molecule has 5 heteroatoms. The Bertz CT molecular complexity index is 817. The van der Waals surface area contributed by atoms with Gasteiger partial charge >= 0.3 is 5.97 Å². The number of fused-ring (bicyclic) bond motifs is 1. The third kappa shape index (κ3) is 3.87. The molecule has 5 nitrogen and oxygen atoms in total. The van der Waals surface area contributed by atoms with Crippen molar-refractivity contribution in [2.45, 2.75) is 38.8 Å². The fourth-order valence-electron chi connectivity index (χ4n) is 2.99. The van der Waals surface area contributed by atoms with Gasteiger partial charge in [-0.25, -0.2) is 4.79 Å². The van der Waals surface area contributed by atoms with Crippen LogP contribution in [0.5, 0.6) is 5.75 Å². The molecule has 0 bridgehead atoms. The van der Waals surface area contributed by atoms with Gasteiger partial charge in [-0.1, -0.05) is 37.3 Å². The first-order valence-electron chi connectivity index (χ1n) is 8.83. The maximum atomic E-state index is 12.7. The first-order valence-corrected chi connectivity index (χ1v) is 8.83. The van der Waals surface area contributed by atoms with Gasteiger partial charge in [-0.15, -0.1) is 0 Å². The molecule has 0 aromatic heterocycles. The largest absolute Gasteiger partial charge is 0.494 e. The predicted molar refractivity (Wildman–Crippen MR) is 98.0 cm³/mol. The molecule has 0 saturated carbocycles. The number of cyclic esters (lactones) is 1. The predicted octanol–water partition coefficient (Wildman–Crippen LogP) is 3.26. The summed E-state index contributed by atoms with van der Waals surface area (Å²) in [6, 6.07) is 14.8. The zero-order valence-corrected chi connectivity index (χ0v) is 15.1. The van der Waals surface area contributed by atoms with E-state index in [1.807, 2.05) is 43.3 Å². The highest BCUT2D eigenvalue weighted by Crippen LogP contribution is 2.28. The van der Waals surface area contributed by atoms with Crippen molar-refractivity contribution in [3.05, 3.63) is 65.2 Å². The van der Waals surface area contributed by atoms with Crippen molar-refractivity contribution in [1.82, 2.24) is 5.32 Å². The highest BCUT2D eigenvalue weighted by molar-refractivity contribution is 5.97. The Morgan fingerprint density at radius 2 is 2.04 bits per heavy atom. The van der Waals surface area contributed by atoms with Crippen LogP contribution in [0.2, 0.25) is 0 Å². The molecule has 1 heterocycles. The minimum absolute atomic E-state index is 0.305. The van der Waals surface area contributed by atoms with Crippen LogP contribution < -0.4 is 10.1 Å². The fraction of sp³-hybridized carbons (Fsp3) is 0.333. The van der Waals surface area contributed by atoms with Crippen LogP contribution in [0.1, 0.15) is 41.8 Å². The van der Waals surface area contributed by atoms with E-state index in [-0.39, 0.29) is 5.91 Å². The molecule has 1 amide bonds. The number of rotatable bonds is 6. The Hall–Kier alpha value is -2.82. The Morgan fingerprint density at radius 3 is 2.85 bits per heavy atom. The van der Waals surface area contributed by atoms with Crippen LogP contribution in [-0.4, -0.2) is 24.1 Å². The summed E-state index contributed by atoms with van der Waals surface area (Å²) in [7, 11) is 0. The molecule has 0 saturated heterocycles. The van der Waals surface area contributed by atoms with Gasteiger partial charge in [0.15, 0.2) is 5.60 Å². The second kappa shape index (κ2) is 7.60. The summed E-state index contributed by atoms with van der Waals surface area (Å²) in [5.74, 6) is 0.0162. The van der Waals surface area contributed by atoms with Crippen LogP contribution in [0.4, 0.5) is 0 Å². The lowest BCUT2D eigenvalue weighted by Crippen LogP contribution is -2.51. The number of carbonyl (C=O) groups excluding carboxylic acids is 2. The number of nitrogens with one attached hydrogen (secondary N) is 1. The zero-order valence-electron chi connectivity index (χ0n) is 15.1. The highest BCUT2D eigenvalue weighted by atomic mass is 16.6. The maximum Gasteiger partial charge on any atom is 0.339 e. The van der Waals surface area contributed by atoms with E-state index < -0.39 is 11.6 Å². The van der Waals surface area contributed by atoms with Crippen LogP contribution >= 0.6 is 0 Å². The minimum atomic E-state index is -1.21. The summed E-state index contributed by atoms with van der Waals surface area (Å²) in [5, 5.41) is 2.87. The topological polar surface area (TPSA) is 64.6 Å². The molecule has 0 aliphatic carbocycles. The lowest BCUT2D eigenvalue weighted by atomic mass is 9.89. The molecule has 136 valence electrons. The summed E-state index contributed by atoms with van der Waals surface area (Å²) in [6.07, 6.45) is 1.30. The van der Waals surface area contributed by atoms with E-state index in [4.69, 9.17) is 9.47 Å². The fourth-order valence-corrected chi connectivity index (χ4v) is 2.99. The van der Waals surface area contributed by atoms with Crippen molar-refractivity contribution < 1.29 is 19.1 Å². The zero-order chi connectivity index (χ0) is 18.6. The maximum absolute atomic E-state index is 12.7. The number of hydrogen-bond donors (Lipinski definition) is 1. The molecular formula is C21H23NO4. The van der Waals surface area contributed by atoms with Crippen molar-refractivity contribution in [2.24, 2.45) is 0 Å². The minimum Gasteiger partial charge on any atom is -0.494 e. The number of carbonyl (C=O) groups is 2. The first-order chi connectivity index (χ1) is 12.5. The SMILES string of the molecule is CCCOc1cccc(CNC(=O)C2(C)Cc3ccccc3C(=O)O2)c1. The Kier molecular flexibility index (Phi) is 5.26. The van der Waals surface area contributed by atoms with E-state index in [9.17, 15) is 9.59 Å². The average molecular weight is 353 g/mol. The average Bonchev–Trinajstić information content (AvgIpc) is 2.64. The van der Waals surface area contributed by atoms with Gasteiger partial charge in [0.2, 0.25) is 0 Å². The van der Waals surface area contributed by atoms with Crippen LogP contribution in [0.25, 0.3) is 0 Å². The van der Waals surface area contributed by atoms with Crippen molar-refractivity contribution in [1.29, 1.82) is 0 Å². The molecule has 1 atom stereocenters. The first kappa shape index (κ1) is 18.0. The van der Waals surface area contributed by atoms with Gasteiger partial charge in [0.05, 0.1) is 12.2 Å². The molecule has 3 rings (SSSR count). The number of hydrogen-bond acceptors (Lipinski definition) is 4. The second-order valence-electron chi connectivity index (χ2n) is 6.63. The van der Waals surface area contributed by atoms with Crippen molar-refractivity contribution in [3.63, 3.8) is 0 Å². The van der Waals surface area contributed by atoms with Gasteiger partial charge in [0, 0.05) is 13.0 Å². The molecule has 0 spiro atoms. The van der Waals surface area contributed by atoms with Gasteiger partial charge in [0.25, 0.3) is 5.91 Å². The Balaban J connectivity index is 1.66. The van der Waals surface area contributed by atoms with Crippen molar-refractivity contribution in [2.75, 3.05) is 6.61 Å². The molecule has 0 radical (unpaired) electrons. The molecule has 26 heavy (non-hydrogen) atoms. The van der Waals surface area contributed by atoms with Crippen LogP contribution in [0.15, 0.2) is 48.5 Å². The third-order valence-corrected chi connectivity index (χ3v) is 4.39. The summed E-state index contributed by atoms with van der Waals surface area (Å²) >= 11 is 0. The van der Waals surface area contributed by atoms with Crippen LogP contribution in [-0.2, 0) is 22.5 Å². The van der Waals surface area contributed by atoms with Crippen LogP contribution in [0, 0.1) is 0 Å². The molecule has 1 aliphatic rings. The number of esters is 1. The number of benzene rings is 2. The van der Waals surface area contributed by atoms with Gasteiger partial charge in [0.1, 0.15) is 5.75 Å². The summed E-state index contributed by atoms with van der Waals surface area (Å²) in [5.41, 5.74) is 1.08. The molecule has 0 fully saturated rings. The molecule has 1 aliphatic heterocycles. The van der Waals surface area contributed by atoms with Gasteiger partial charge in [-0.2, -0.15) is 0 Å². The normalized spacial score (nSPS) is 18.6.